The SMILES string of the molecule is CC(C)(C)c1ccc(-c2n[nH]c3c(C(=O)O)cccc23)cc1. The zero-order valence-corrected chi connectivity index (χ0v) is 12.8. The van der Waals surface area contributed by atoms with Crippen LogP contribution < -0.4 is 0 Å². The minimum atomic E-state index is -0.955. The van der Waals surface area contributed by atoms with Gasteiger partial charge in [-0.3, -0.25) is 5.10 Å². The number of aromatic amines is 1. The van der Waals surface area contributed by atoms with Crippen molar-refractivity contribution in [1.29, 1.82) is 0 Å². The zero-order valence-electron chi connectivity index (χ0n) is 12.8. The van der Waals surface area contributed by atoms with Gasteiger partial charge in [0, 0.05) is 10.9 Å². The maximum absolute atomic E-state index is 11.3. The number of benzene rings is 2. The fourth-order valence-corrected chi connectivity index (χ4v) is 2.57. The van der Waals surface area contributed by atoms with Gasteiger partial charge in [-0.2, -0.15) is 5.10 Å². The number of carboxylic acid groups (broad SMARTS) is 1. The van der Waals surface area contributed by atoms with Crippen molar-refractivity contribution in [2.24, 2.45) is 0 Å². The lowest BCUT2D eigenvalue weighted by molar-refractivity contribution is 0.0699. The van der Waals surface area contributed by atoms with Crippen molar-refractivity contribution >= 4 is 16.9 Å². The van der Waals surface area contributed by atoms with E-state index in [0.717, 1.165) is 16.6 Å². The summed E-state index contributed by atoms with van der Waals surface area (Å²) < 4.78 is 0. The lowest BCUT2D eigenvalue weighted by Gasteiger charge is -2.18. The van der Waals surface area contributed by atoms with Gasteiger partial charge in [0.15, 0.2) is 0 Å². The van der Waals surface area contributed by atoms with Gasteiger partial charge in [-0.25, -0.2) is 4.79 Å². The number of carbonyl (C=O) groups is 1. The molecule has 22 heavy (non-hydrogen) atoms. The highest BCUT2D eigenvalue weighted by Crippen LogP contribution is 2.30. The Kier molecular flexibility index (Phi) is 3.24. The van der Waals surface area contributed by atoms with Gasteiger partial charge in [-0.05, 0) is 17.0 Å². The Morgan fingerprint density at radius 3 is 2.36 bits per heavy atom. The van der Waals surface area contributed by atoms with Crippen LogP contribution in [0.25, 0.3) is 22.2 Å². The number of nitrogens with zero attached hydrogens (tertiary/aromatic N) is 1. The third kappa shape index (κ3) is 2.37. The Morgan fingerprint density at radius 2 is 1.77 bits per heavy atom. The van der Waals surface area contributed by atoms with Crippen LogP contribution in [0, 0.1) is 0 Å². The van der Waals surface area contributed by atoms with E-state index in [1.807, 2.05) is 18.2 Å². The minimum absolute atomic E-state index is 0.0999. The van der Waals surface area contributed by atoms with E-state index in [9.17, 15) is 9.90 Å². The number of para-hydroxylation sites is 1. The van der Waals surface area contributed by atoms with E-state index in [0.29, 0.717) is 5.52 Å². The molecule has 0 fully saturated rings. The van der Waals surface area contributed by atoms with E-state index >= 15 is 0 Å². The number of aromatic carboxylic acids is 1. The van der Waals surface area contributed by atoms with Crippen molar-refractivity contribution in [2.75, 3.05) is 0 Å². The quantitative estimate of drug-likeness (QED) is 0.743. The first-order valence-electron chi connectivity index (χ1n) is 7.19. The highest BCUT2D eigenvalue weighted by molar-refractivity contribution is 6.05. The highest BCUT2D eigenvalue weighted by Gasteiger charge is 2.16. The summed E-state index contributed by atoms with van der Waals surface area (Å²) >= 11 is 0. The maximum Gasteiger partial charge on any atom is 0.337 e. The molecule has 0 saturated heterocycles. The molecular weight excluding hydrogens is 276 g/mol. The highest BCUT2D eigenvalue weighted by atomic mass is 16.4. The standard InChI is InChI=1S/C18H18N2O2/c1-18(2,3)12-9-7-11(8-10-12)15-13-5-4-6-14(17(21)22)16(13)20-19-15/h4-10H,1-3H3,(H,19,20)(H,21,22). The summed E-state index contributed by atoms with van der Waals surface area (Å²) in [6, 6.07) is 13.5. The molecule has 0 aliphatic heterocycles. The molecule has 0 saturated carbocycles. The molecule has 0 bridgehead atoms. The van der Waals surface area contributed by atoms with Gasteiger partial charge in [0.25, 0.3) is 0 Å². The van der Waals surface area contributed by atoms with Gasteiger partial charge < -0.3 is 5.11 Å². The van der Waals surface area contributed by atoms with E-state index < -0.39 is 5.97 Å². The number of hydrogen-bond acceptors (Lipinski definition) is 2. The summed E-state index contributed by atoms with van der Waals surface area (Å²) in [5.41, 5.74) is 3.90. The van der Waals surface area contributed by atoms with E-state index in [4.69, 9.17) is 0 Å². The Balaban J connectivity index is 2.11. The fraction of sp³-hybridized carbons (Fsp3) is 0.222. The minimum Gasteiger partial charge on any atom is -0.478 e. The summed E-state index contributed by atoms with van der Waals surface area (Å²) in [6.07, 6.45) is 0. The van der Waals surface area contributed by atoms with Crippen molar-refractivity contribution in [3.63, 3.8) is 0 Å². The van der Waals surface area contributed by atoms with Crippen molar-refractivity contribution in [1.82, 2.24) is 10.2 Å². The molecule has 3 rings (SSSR count). The van der Waals surface area contributed by atoms with E-state index in [1.54, 1.807) is 12.1 Å². The van der Waals surface area contributed by atoms with Crippen LogP contribution in [0.4, 0.5) is 0 Å². The molecule has 0 atom stereocenters. The zero-order chi connectivity index (χ0) is 15.9. The first-order chi connectivity index (χ1) is 10.4. The maximum atomic E-state index is 11.3. The third-order valence-corrected chi connectivity index (χ3v) is 3.85. The Hall–Kier alpha value is -2.62. The molecule has 0 aliphatic carbocycles. The molecule has 2 aromatic carbocycles. The molecule has 0 amide bonds. The molecule has 3 aromatic rings. The molecule has 4 heteroatoms. The van der Waals surface area contributed by atoms with Crippen LogP contribution in [0.2, 0.25) is 0 Å². The summed E-state index contributed by atoms with van der Waals surface area (Å²) in [5, 5.41) is 17.2. The summed E-state index contributed by atoms with van der Waals surface area (Å²) in [5.74, 6) is -0.955. The van der Waals surface area contributed by atoms with Crippen molar-refractivity contribution in [3.8, 4) is 11.3 Å². The van der Waals surface area contributed by atoms with Crippen LogP contribution in [-0.4, -0.2) is 21.3 Å². The van der Waals surface area contributed by atoms with Gasteiger partial charge in [0.05, 0.1) is 16.8 Å². The normalized spacial score (nSPS) is 11.8. The van der Waals surface area contributed by atoms with E-state index in [-0.39, 0.29) is 11.0 Å². The Labute approximate surface area is 128 Å². The van der Waals surface area contributed by atoms with Crippen molar-refractivity contribution in [3.05, 3.63) is 53.6 Å². The van der Waals surface area contributed by atoms with Crippen LogP contribution in [0.15, 0.2) is 42.5 Å². The predicted molar refractivity (Wildman–Crippen MR) is 87.2 cm³/mol. The molecule has 1 aromatic heterocycles. The fourth-order valence-electron chi connectivity index (χ4n) is 2.57. The second kappa shape index (κ2) is 4.98. The van der Waals surface area contributed by atoms with Gasteiger partial charge in [0.2, 0.25) is 0 Å². The number of rotatable bonds is 2. The molecule has 0 radical (unpaired) electrons. The molecule has 0 spiro atoms. The third-order valence-electron chi connectivity index (χ3n) is 3.85. The van der Waals surface area contributed by atoms with Crippen LogP contribution >= 0.6 is 0 Å². The lowest BCUT2D eigenvalue weighted by atomic mass is 9.86. The lowest BCUT2D eigenvalue weighted by Crippen LogP contribution is -2.10. The smallest absolute Gasteiger partial charge is 0.337 e. The molecule has 1 heterocycles. The molecule has 4 nitrogen and oxygen atoms in total. The summed E-state index contributed by atoms with van der Waals surface area (Å²) in [7, 11) is 0. The van der Waals surface area contributed by atoms with E-state index in [2.05, 4.69) is 43.1 Å². The second-order valence-corrected chi connectivity index (χ2v) is 6.43. The van der Waals surface area contributed by atoms with Gasteiger partial charge in [-0.1, -0.05) is 57.2 Å². The van der Waals surface area contributed by atoms with Crippen LogP contribution in [0.5, 0.6) is 0 Å². The van der Waals surface area contributed by atoms with Gasteiger partial charge in [0.1, 0.15) is 0 Å². The molecule has 0 aliphatic rings. The van der Waals surface area contributed by atoms with E-state index in [1.165, 1.54) is 5.56 Å². The first kappa shape index (κ1) is 14.3. The molecule has 112 valence electrons. The van der Waals surface area contributed by atoms with Gasteiger partial charge in [-0.15, -0.1) is 0 Å². The number of aromatic nitrogens is 2. The molecule has 2 N–H and O–H groups in total. The number of carboxylic acids is 1. The van der Waals surface area contributed by atoms with Crippen molar-refractivity contribution in [2.45, 2.75) is 26.2 Å². The average molecular weight is 294 g/mol. The van der Waals surface area contributed by atoms with Crippen molar-refractivity contribution < 1.29 is 9.90 Å². The average Bonchev–Trinajstić information content (AvgIpc) is 2.90. The van der Waals surface area contributed by atoms with Crippen LogP contribution in [-0.2, 0) is 5.41 Å². The number of fused-ring (bicyclic) bond motifs is 1. The Bertz CT molecular complexity index is 840. The monoisotopic (exact) mass is 294 g/mol. The summed E-state index contributed by atoms with van der Waals surface area (Å²) in [4.78, 5) is 11.3. The topological polar surface area (TPSA) is 66.0 Å². The molecule has 0 unspecified atom stereocenters. The second-order valence-electron chi connectivity index (χ2n) is 6.43. The number of H-pyrrole nitrogens is 1. The first-order valence-corrected chi connectivity index (χ1v) is 7.19. The predicted octanol–water partition coefficient (Wildman–Crippen LogP) is 4.23. The largest absolute Gasteiger partial charge is 0.478 e. The number of hydrogen-bond donors (Lipinski definition) is 2. The number of nitrogens with one attached hydrogen (secondary N) is 1. The molecular formula is C18H18N2O2. The summed E-state index contributed by atoms with van der Waals surface area (Å²) in [6.45, 7) is 6.52. The van der Waals surface area contributed by atoms with Gasteiger partial charge >= 0.3 is 5.97 Å². The van der Waals surface area contributed by atoms with Crippen LogP contribution in [0.1, 0.15) is 36.7 Å². The Morgan fingerprint density at radius 1 is 1.09 bits per heavy atom. The van der Waals surface area contributed by atoms with Crippen LogP contribution in [0.3, 0.4) is 0 Å².